The van der Waals surface area contributed by atoms with Gasteiger partial charge in [0.1, 0.15) is 17.2 Å². The first-order chi connectivity index (χ1) is 31.3. The van der Waals surface area contributed by atoms with E-state index in [1.807, 2.05) is 25.7 Å². The Hall–Kier alpha value is -5.99. The molecule has 348 valence electrons. The molecule has 3 amide bonds. The van der Waals surface area contributed by atoms with E-state index in [0.29, 0.717) is 94.5 Å². The number of piperidine rings is 2. The molecule has 0 spiro atoms. The van der Waals surface area contributed by atoms with Crippen LogP contribution in [-0.2, 0) is 14.3 Å². The topological polar surface area (TPSA) is 190 Å². The average Bonchev–Trinajstić information content (AvgIpc) is 3.30. The number of hydrogen-bond acceptors (Lipinski definition) is 15. The first kappa shape index (κ1) is 47.0. The smallest absolute Gasteiger partial charge is 0.410 e. The van der Waals surface area contributed by atoms with Crippen LogP contribution in [0.4, 0.5) is 25.5 Å². The summed E-state index contributed by atoms with van der Waals surface area (Å²) >= 11 is 0. The number of benzene rings is 2. The molecule has 4 aromatic rings. The second-order valence-electron chi connectivity index (χ2n) is 17.7. The zero-order valence-corrected chi connectivity index (χ0v) is 37.5. The van der Waals surface area contributed by atoms with Crippen molar-refractivity contribution in [2.24, 2.45) is 0 Å². The SMILES string of the molecule is CC(C)(C)OC(=O)N1CCC(NC(=O)CN2CCN(c3nncc(-c4ccc(F)cc4)n3)CC2)CC1.O=C(CN1CCN(c2nncc(-c3ccc(F)cc3)n2)CC1)NC1CCNCC1. The third-order valence-corrected chi connectivity index (χ3v) is 11.6. The monoisotopic (exact) mass is 898 g/mol. The molecule has 0 saturated carbocycles. The number of rotatable bonds is 10. The highest BCUT2D eigenvalue weighted by Crippen LogP contribution is 2.22. The highest BCUT2D eigenvalue weighted by atomic mass is 19.1. The van der Waals surface area contributed by atoms with Crippen molar-refractivity contribution in [1.82, 2.24) is 61.0 Å². The molecule has 20 heteroatoms. The van der Waals surface area contributed by atoms with Crippen molar-refractivity contribution in [2.75, 3.05) is 101 Å². The molecule has 0 unspecified atom stereocenters. The number of carbonyl (C=O) groups excluding carboxylic acids is 3. The van der Waals surface area contributed by atoms with Crippen LogP contribution in [0.15, 0.2) is 60.9 Å². The van der Waals surface area contributed by atoms with Crippen molar-refractivity contribution < 1.29 is 27.9 Å². The average molecular weight is 899 g/mol. The standard InChI is InChI=1S/C25H34FN7O3.C20H26FN7O/c1-25(2,3)36-24(35)33-10-8-20(9-11-33)28-22(34)17-31-12-14-32(15-13-31)23-29-21(16-27-30-23)18-4-6-19(26)7-5-18;21-16-3-1-15(2-4-16)18-13-23-26-20(25-18)28-11-9-27(10-12-28)14-19(29)24-17-5-7-22-8-6-17/h4-7,16,20H,8-15,17H2,1-3H3,(H,28,34);1-4,13,17,22H,5-12,14H2,(H,24,29). The Morgan fingerprint density at radius 2 is 1.05 bits per heavy atom. The number of nitrogens with zero attached hydrogens (tertiary/aromatic N) is 11. The van der Waals surface area contributed by atoms with Crippen molar-refractivity contribution in [3.8, 4) is 22.5 Å². The molecule has 2 aromatic carbocycles. The van der Waals surface area contributed by atoms with Gasteiger partial charge in [0.25, 0.3) is 0 Å². The molecule has 2 aromatic heterocycles. The van der Waals surface area contributed by atoms with Gasteiger partial charge in [-0.15, -0.1) is 10.2 Å². The van der Waals surface area contributed by atoms with Crippen molar-refractivity contribution in [1.29, 1.82) is 0 Å². The van der Waals surface area contributed by atoms with Gasteiger partial charge in [-0.3, -0.25) is 19.4 Å². The molecule has 8 rings (SSSR count). The number of anilines is 2. The van der Waals surface area contributed by atoms with Gasteiger partial charge in [-0.2, -0.15) is 10.2 Å². The lowest BCUT2D eigenvalue weighted by molar-refractivity contribution is -0.124. The maximum Gasteiger partial charge on any atom is 0.410 e. The molecule has 0 aliphatic carbocycles. The summed E-state index contributed by atoms with van der Waals surface area (Å²) in [5, 5.41) is 26.0. The van der Waals surface area contributed by atoms with Crippen LogP contribution in [0.2, 0.25) is 0 Å². The Kier molecular flexibility index (Phi) is 16.1. The van der Waals surface area contributed by atoms with E-state index in [-0.39, 0.29) is 35.6 Å². The number of carbonyl (C=O) groups is 3. The van der Waals surface area contributed by atoms with Gasteiger partial charge in [-0.05, 0) is 108 Å². The molecule has 18 nitrogen and oxygen atoms in total. The number of nitrogens with one attached hydrogen (secondary N) is 3. The Morgan fingerprint density at radius 1 is 0.631 bits per heavy atom. The minimum absolute atomic E-state index is 0.00427. The maximum absolute atomic E-state index is 13.2. The third-order valence-electron chi connectivity index (χ3n) is 11.6. The number of piperazine rings is 2. The number of likely N-dealkylation sites (tertiary alicyclic amines) is 1. The minimum atomic E-state index is -0.514. The summed E-state index contributed by atoms with van der Waals surface area (Å²) in [4.78, 5) is 56.4. The quantitative estimate of drug-likeness (QED) is 0.211. The number of hydrogen-bond donors (Lipinski definition) is 3. The summed E-state index contributed by atoms with van der Waals surface area (Å²) < 4.78 is 31.8. The van der Waals surface area contributed by atoms with E-state index in [1.54, 1.807) is 41.6 Å². The molecule has 6 heterocycles. The predicted molar refractivity (Wildman–Crippen MR) is 241 cm³/mol. The summed E-state index contributed by atoms with van der Waals surface area (Å²) in [5.41, 5.74) is 2.37. The largest absolute Gasteiger partial charge is 0.444 e. The number of amides is 3. The molecular weight excluding hydrogens is 839 g/mol. The lowest BCUT2D eigenvalue weighted by Gasteiger charge is -2.35. The fraction of sp³-hybridized carbons (Fsp3) is 0.533. The zero-order valence-electron chi connectivity index (χ0n) is 37.5. The van der Waals surface area contributed by atoms with Gasteiger partial charge in [-0.1, -0.05) is 0 Å². The summed E-state index contributed by atoms with van der Waals surface area (Å²) in [5.74, 6) is 0.601. The fourth-order valence-corrected chi connectivity index (χ4v) is 8.04. The van der Waals surface area contributed by atoms with Crippen LogP contribution >= 0.6 is 0 Å². The lowest BCUT2D eigenvalue weighted by atomic mass is 10.1. The van der Waals surface area contributed by atoms with Gasteiger partial charge < -0.3 is 35.4 Å². The number of aromatic nitrogens is 6. The normalized spacial score (nSPS) is 18.1. The van der Waals surface area contributed by atoms with Crippen LogP contribution in [0.5, 0.6) is 0 Å². The first-order valence-electron chi connectivity index (χ1n) is 22.5. The molecular formula is C45H60F2N14O4. The second-order valence-corrected chi connectivity index (χ2v) is 17.7. The van der Waals surface area contributed by atoms with Crippen molar-refractivity contribution in [3.05, 3.63) is 72.6 Å². The Labute approximate surface area is 378 Å². The van der Waals surface area contributed by atoms with E-state index in [4.69, 9.17) is 4.74 Å². The van der Waals surface area contributed by atoms with Gasteiger partial charge in [-0.25, -0.2) is 23.5 Å². The van der Waals surface area contributed by atoms with Gasteiger partial charge in [0.05, 0.1) is 36.9 Å². The zero-order chi connectivity index (χ0) is 45.8. The molecule has 0 bridgehead atoms. The highest BCUT2D eigenvalue weighted by Gasteiger charge is 2.29. The van der Waals surface area contributed by atoms with Crippen LogP contribution < -0.4 is 25.8 Å². The minimum Gasteiger partial charge on any atom is -0.444 e. The number of ether oxygens (including phenoxy) is 1. The van der Waals surface area contributed by atoms with Gasteiger partial charge >= 0.3 is 6.09 Å². The Morgan fingerprint density at radius 3 is 1.46 bits per heavy atom. The number of halogens is 2. The van der Waals surface area contributed by atoms with Crippen LogP contribution in [0.25, 0.3) is 22.5 Å². The van der Waals surface area contributed by atoms with E-state index >= 15 is 0 Å². The summed E-state index contributed by atoms with van der Waals surface area (Å²) in [6, 6.07) is 12.7. The highest BCUT2D eigenvalue weighted by molar-refractivity contribution is 5.79. The molecule has 3 N–H and O–H groups in total. The first-order valence-corrected chi connectivity index (χ1v) is 22.5. The van der Waals surface area contributed by atoms with Gasteiger partial charge in [0.15, 0.2) is 0 Å². The van der Waals surface area contributed by atoms with Crippen LogP contribution in [0.3, 0.4) is 0 Å². The molecule has 4 aliphatic rings. The van der Waals surface area contributed by atoms with Crippen molar-refractivity contribution in [3.63, 3.8) is 0 Å². The third kappa shape index (κ3) is 14.2. The van der Waals surface area contributed by atoms with Crippen LogP contribution in [0.1, 0.15) is 46.5 Å². The Bertz CT molecular complexity index is 2170. The fourth-order valence-electron chi connectivity index (χ4n) is 8.04. The maximum atomic E-state index is 13.2. The lowest BCUT2D eigenvalue weighted by Crippen LogP contribution is -2.52. The summed E-state index contributed by atoms with van der Waals surface area (Å²) in [6.07, 6.45) is 6.27. The summed E-state index contributed by atoms with van der Waals surface area (Å²) in [7, 11) is 0. The second kappa shape index (κ2) is 22.3. The Balaban J connectivity index is 0.000000198. The molecule has 0 radical (unpaired) electrons. The molecule has 65 heavy (non-hydrogen) atoms. The van der Waals surface area contributed by atoms with E-state index < -0.39 is 5.60 Å². The molecule has 4 saturated heterocycles. The van der Waals surface area contributed by atoms with E-state index in [2.05, 4.69) is 61.0 Å². The van der Waals surface area contributed by atoms with Gasteiger partial charge in [0, 0.05) is 88.7 Å². The van der Waals surface area contributed by atoms with Crippen molar-refractivity contribution in [2.45, 2.75) is 64.1 Å². The molecule has 0 atom stereocenters. The van der Waals surface area contributed by atoms with Crippen LogP contribution in [-0.4, -0.2) is 172 Å². The summed E-state index contributed by atoms with van der Waals surface area (Å²) in [6.45, 7) is 15.2. The van der Waals surface area contributed by atoms with E-state index in [0.717, 1.165) is 63.2 Å². The van der Waals surface area contributed by atoms with Crippen LogP contribution in [0, 0.1) is 11.6 Å². The predicted octanol–water partition coefficient (Wildman–Crippen LogP) is 2.98. The van der Waals surface area contributed by atoms with Gasteiger partial charge in [0.2, 0.25) is 23.7 Å². The molecule has 4 aliphatic heterocycles. The molecule has 4 fully saturated rings. The van der Waals surface area contributed by atoms with E-state index in [9.17, 15) is 23.2 Å². The van der Waals surface area contributed by atoms with E-state index in [1.165, 1.54) is 24.3 Å². The van der Waals surface area contributed by atoms with Crippen molar-refractivity contribution >= 4 is 29.8 Å².